The van der Waals surface area contributed by atoms with Crippen LogP contribution >= 0.6 is 0 Å². The molecule has 160 valence electrons. The summed E-state index contributed by atoms with van der Waals surface area (Å²) in [6.07, 6.45) is 7.32. The third-order valence-electron chi connectivity index (χ3n) is 5.69. The molecule has 3 aromatic rings. The zero-order chi connectivity index (χ0) is 21.1. The second kappa shape index (κ2) is 9.00. The van der Waals surface area contributed by atoms with Crippen molar-refractivity contribution in [1.29, 1.82) is 0 Å². The molecule has 30 heavy (non-hydrogen) atoms. The van der Waals surface area contributed by atoms with Gasteiger partial charge < -0.3 is 19.0 Å². The Morgan fingerprint density at radius 3 is 2.73 bits per heavy atom. The number of fused-ring (bicyclic) bond motifs is 1. The van der Waals surface area contributed by atoms with E-state index in [1.165, 1.54) is 19.3 Å². The first-order chi connectivity index (χ1) is 14.5. The van der Waals surface area contributed by atoms with Crippen molar-refractivity contribution in [2.45, 2.75) is 65.4 Å². The van der Waals surface area contributed by atoms with E-state index in [1.54, 1.807) is 6.07 Å². The van der Waals surface area contributed by atoms with Crippen molar-refractivity contribution < 1.29 is 18.5 Å². The molecule has 0 radical (unpaired) electrons. The molecule has 0 bridgehead atoms. The minimum Gasteiger partial charge on any atom is -0.466 e. The number of nitrogens with one attached hydrogen (secondary N) is 1. The van der Waals surface area contributed by atoms with Crippen molar-refractivity contribution in [3.8, 4) is 11.3 Å². The van der Waals surface area contributed by atoms with Crippen molar-refractivity contribution in [3.05, 3.63) is 34.9 Å². The zero-order valence-electron chi connectivity index (χ0n) is 17.9. The number of carbonyl (C=O) groups excluding carboxylic acids is 1. The Kier molecular flexibility index (Phi) is 6.18. The maximum atomic E-state index is 13.0. The molecule has 0 aromatic carbocycles. The quantitative estimate of drug-likeness (QED) is 0.558. The molecular weight excluding hydrogens is 382 g/mol. The van der Waals surface area contributed by atoms with Gasteiger partial charge in [-0.15, -0.1) is 0 Å². The van der Waals surface area contributed by atoms with Gasteiger partial charge in [-0.25, -0.2) is 4.98 Å². The third-order valence-corrected chi connectivity index (χ3v) is 5.69. The number of rotatable bonds is 7. The molecule has 4 rings (SSSR count). The number of furan rings is 1. The molecule has 1 N–H and O–H groups in total. The molecule has 0 saturated heterocycles. The van der Waals surface area contributed by atoms with Gasteiger partial charge in [0.2, 0.25) is 0 Å². The highest BCUT2D eigenvalue weighted by Gasteiger charge is 2.21. The predicted octanol–water partition coefficient (Wildman–Crippen LogP) is 4.88. The van der Waals surface area contributed by atoms with E-state index in [1.807, 2.05) is 26.8 Å². The molecule has 7 nitrogen and oxygen atoms in total. The Morgan fingerprint density at radius 1 is 1.20 bits per heavy atom. The Labute approximate surface area is 176 Å². The van der Waals surface area contributed by atoms with Gasteiger partial charge in [-0.05, 0) is 52.2 Å². The summed E-state index contributed by atoms with van der Waals surface area (Å²) < 4.78 is 16.9. The molecular formula is C23H29N3O4. The molecule has 1 saturated carbocycles. The molecule has 1 aliphatic rings. The van der Waals surface area contributed by atoms with Gasteiger partial charge in [0.25, 0.3) is 11.6 Å². The van der Waals surface area contributed by atoms with Crippen LogP contribution in [-0.2, 0) is 4.74 Å². The van der Waals surface area contributed by atoms with Crippen molar-refractivity contribution >= 4 is 17.0 Å². The van der Waals surface area contributed by atoms with Crippen molar-refractivity contribution in [3.63, 3.8) is 0 Å². The lowest BCUT2D eigenvalue weighted by molar-refractivity contribution is 0.0273. The summed E-state index contributed by atoms with van der Waals surface area (Å²) in [7, 11) is 0. The number of ether oxygens (including phenoxy) is 1. The molecule has 3 heterocycles. The molecule has 1 fully saturated rings. The van der Waals surface area contributed by atoms with Crippen molar-refractivity contribution in [2.24, 2.45) is 0 Å². The van der Waals surface area contributed by atoms with E-state index < -0.39 is 0 Å². The van der Waals surface area contributed by atoms with Gasteiger partial charge in [-0.1, -0.05) is 24.4 Å². The molecule has 0 spiro atoms. The second-order valence-corrected chi connectivity index (χ2v) is 8.07. The van der Waals surface area contributed by atoms with Crippen LogP contribution in [0, 0.1) is 20.8 Å². The number of nitrogens with zero attached hydrogens (tertiary/aromatic N) is 2. The minimum atomic E-state index is -0.162. The largest absolute Gasteiger partial charge is 0.466 e. The number of hydrogen-bond donors (Lipinski definition) is 1. The number of aromatic nitrogens is 2. The zero-order valence-corrected chi connectivity index (χ0v) is 17.9. The summed E-state index contributed by atoms with van der Waals surface area (Å²) in [4.78, 5) is 17.5. The molecule has 3 aromatic heterocycles. The smallest absolute Gasteiger partial charge is 0.259 e. The SMILES string of the molecule is Cc1cc(-c2cc(C(=O)NCCCOC3CCCCC3)c3c(C)noc3n2)c(C)o1. The lowest BCUT2D eigenvalue weighted by Gasteiger charge is -2.21. The highest BCUT2D eigenvalue weighted by atomic mass is 16.5. The maximum absolute atomic E-state index is 13.0. The molecule has 0 atom stereocenters. The summed E-state index contributed by atoms with van der Waals surface area (Å²) in [5.41, 5.74) is 3.00. The van der Waals surface area contributed by atoms with Crippen LogP contribution in [0.2, 0.25) is 0 Å². The molecule has 0 unspecified atom stereocenters. The Hall–Kier alpha value is -2.67. The summed E-state index contributed by atoms with van der Waals surface area (Å²) in [5, 5.41) is 7.65. The Balaban J connectivity index is 1.46. The Morgan fingerprint density at radius 2 is 2.00 bits per heavy atom. The minimum absolute atomic E-state index is 0.162. The normalized spacial score (nSPS) is 15.0. The van der Waals surface area contributed by atoms with Gasteiger partial charge in [-0.3, -0.25) is 4.79 Å². The number of amides is 1. The van der Waals surface area contributed by atoms with Gasteiger partial charge in [0, 0.05) is 18.7 Å². The van der Waals surface area contributed by atoms with Crippen LogP contribution in [0.15, 0.2) is 21.1 Å². The van der Waals surface area contributed by atoms with E-state index in [0.717, 1.165) is 36.3 Å². The maximum Gasteiger partial charge on any atom is 0.259 e. The van der Waals surface area contributed by atoms with Crippen LogP contribution in [0.1, 0.15) is 66.1 Å². The summed E-state index contributed by atoms with van der Waals surface area (Å²) in [5.74, 6) is 1.38. The summed E-state index contributed by atoms with van der Waals surface area (Å²) in [6.45, 7) is 6.80. The van der Waals surface area contributed by atoms with E-state index in [9.17, 15) is 4.79 Å². The number of aryl methyl sites for hydroxylation is 3. The number of hydrogen-bond acceptors (Lipinski definition) is 6. The van der Waals surface area contributed by atoms with Gasteiger partial charge >= 0.3 is 0 Å². The van der Waals surface area contributed by atoms with E-state index >= 15 is 0 Å². The average molecular weight is 412 g/mol. The average Bonchev–Trinajstić information content (AvgIpc) is 3.29. The fourth-order valence-corrected chi connectivity index (χ4v) is 4.15. The summed E-state index contributed by atoms with van der Waals surface area (Å²) >= 11 is 0. The highest BCUT2D eigenvalue weighted by Crippen LogP contribution is 2.30. The highest BCUT2D eigenvalue weighted by molar-refractivity contribution is 6.07. The van der Waals surface area contributed by atoms with E-state index in [4.69, 9.17) is 13.7 Å². The molecule has 0 aliphatic heterocycles. The van der Waals surface area contributed by atoms with Crippen LogP contribution in [0.3, 0.4) is 0 Å². The van der Waals surface area contributed by atoms with Crippen molar-refractivity contribution in [1.82, 2.24) is 15.5 Å². The van der Waals surface area contributed by atoms with Crippen molar-refractivity contribution in [2.75, 3.05) is 13.2 Å². The van der Waals surface area contributed by atoms with Gasteiger partial charge in [0.05, 0.1) is 28.4 Å². The Bertz CT molecular complexity index is 1030. The van der Waals surface area contributed by atoms with Gasteiger partial charge in [-0.2, -0.15) is 0 Å². The van der Waals surface area contributed by atoms with Crippen LogP contribution in [0.4, 0.5) is 0 Å². The van der Waals surface area contributed by atoms with Crippen LogP contribution in [0.5, 0.6) is 0 Å². The van der Waals surface area contributed by atoms with E-state index in [0.29, 0.717) is 47.3 Å². The van der Waals surface area contributed by atoms with E-state index in [2.05, 4.69) is 15.5 Å². The fraction of sp³-hybridized carbons (Fsp3) is 0.522. The summed E-state index contributed by atoms with van der Waals surface area (Å²) in [6, 6.07) is 3.70. The topological polar surface area (TPSA) is 90.4 Å². The lowest BCUT2D eigenvalue weighted by Crippen LogP contribution is -2.26. The number of carbonyl (C=O) groups is 1. The lowest BCUT2D eigenvalue weighted by atomic mass is 9.98. The standard InChI is InChI=1S/C23H29N3O4/c1-14-12-18(16(3)29-14)20-13-19(21-15(2)26-30-23(21)25-20)22(27)24-10-7-11-28-17-8-5-4-6-9-17/h12-13,17H,4-11H2,1-3H3,(H,24,27). The molecule has 1 aliphatic carbocycles. The van der Waals surface area contributed by atoms with E-state index in [-0.39, 0.29) is 5.91 Å². The van der Waals surface area contributed by atoms with Gasteiger partial charge in [0.15, 0.2) is 0 Å². The first-order valence-electron chi connectivity index (χ1n) is 10.8. The van der Waals surface area contributed by atoms with Crippen LogP contribution in [-0.4, -0.2) is 35.3 Å². The monoisotopic (exact) mass is 411 g/mol. The first kappa shape index (κ1) is 20.6. The molecule has 1 amide bonds. The molecule has 7 heteroatoms. The van der Waals surface area contributed by atoms with Crippen LogP contribution < -0.4 is 5.32 Å². The van der Waals surface area contributed by atoms with Crippen LogP contribution in [0.25, 0.3) is 22.4 Å². The number of pyridine rings is 1. The first-order valence-corrected chi connectivity index (χ1v) is 10.8. The fourth-order valence-electron chi connectivity index (χ4n) is 4.15. The predicted molar refractivity (Wildman–Crippen MR) is 113 cm³/mol. The third kappa shape index (κ3) is 4.41. The van der Waals surface area contributed by atoms with Gasteiger partial charge in [0.1, 0.15) is 11.5 Å². The second-order valence-electron chi connectivity index (χ2n) is 8.07.